The van der Waals surface area contributed by atoms with Gasteiger partial charge in [-0.1, -0.05) is 5.92 Å². The molecule has 1 atom stereocenters. The Labute approximate surface area is 164 Å². The average molecular weight is 377 g/mol. The van der Waals surface area contributed by atoms with E-state index in [9.17, 15) is 0 Å². The van der Waals surface area contributed by atoms with E-state index < -0.39 is 0 Å². The fourth-order valence-electron chi connectivity index (χ4n) is 3.51. The topological polar surface area (TPSA) is 81.0 Å². The molecule has 0 spiro atoms. The van der Waals surface area contributed by atoms with Gasteiger partial charge in [-0.05, 0) is 26.8 Å². The number of aromatic nitrogens is 5. The van der Waals surface area contributed by atoms with Crippen molar-refractivity contribution in [1.82, 2.24) is 24.5 Å². The highest BCUT2D eigenvalue weighted by atomic mass is 16.5. The summed E-state index contributed by atoms with van der Waals surface area (Å²) in [6.07, 6.45) is 9.12. The van der Waals surface area contributed by atoms with Gasteiger partial charge >= 0.3 is 0 Å². The van der Waals surface area contributed by atoms with E-state index in [-0.39, 0.29) is 6.04 Å². The lowest BCUT2D eigenvalue weighted by Gasteiger charge is -2.32. The van der Waals surface area contributed by atoms with Crippen LogP contribution >= 0.6 is 0 Å². The van der Waals surface area contributed by atoms with E-state index in [0.29, 0.717) is 43.4 Å². The van der Waals surface area contributed by atoms with E-state index >= 15 is 0 Å². The van der Waals surface area contributed by atoms with Crippen LogP contribution in [-0.2, 0) is 4.74 Å². The van der Waals surface area contributed by atoms with Gasteiger partial charge in [0.2, 0.25) is 5.95 Å². The van der Waals surface area contributed by atoms with Gasteiger partial charge in [-0.2, -0.15) is 4.98 Å². The van der Waals surface area contributed by atoms with Crippen molar-refractivity contribution in [2.24, 2.45) is 0 Å². The number of nitrogens with one attached hydrogen (secondary N) is 1. The van der Waals surface area contributed by atoms with Crippen molar-refractivity contribution in [3.05, 3.63) is 30.4 Å². The van der Waals surface area contributed by atoms with E-state index in [0.717, 1.165) is 16.9 Å². The summed E-state index contributed by atoms with van der Waals surface area (Å²) in [6.45, 7) is 8.04. The number of ether oxygens (including phenoxy) is 1. The molecule has 144 valence electrons. The Morgan fingerprint density at radius 2 is 2.14 bits per heavy atom. The number of hydrogen-bond donors (Lipinski definition) is 1. The Bertz CT molecular complexity index is 1040. The van der Waals surface area contributed by atoms with Gasteiger partial charge in [-0.25, -0.2) is 15.0 Å². The highest BCUT2D eigenvalue weighted by Crippen LogP contribution is 2.24. The summed E-state index contributed by atoms with van der Waals surface area (Å²) in [7, 11) is 0. The molecule has 1 N–H and O–H groups in total. The van der Waals surface area contributed by atoms with Crippen LogP contribution in [0.25, 0.3) is 11.0 Å². The predicted octanol–water partition coefficient (Wildman–Crippen LogP) is 2.69. The number of fused-ring (bicyclic) bond motifs is 1. The lowest BCUT2D eigenvalue weighted by Crippen LogP contribution is -2.45. The molecule has 1 fully saturated rings. The first-order chi connectivity index (χ1) is 13.6. The summed E-state index contributed by atoms with van der Waals surface area (Å²) in [4.78, 5) is 20.1. The average Bonchev–Trinajstić information content (AvgIpc) is 3.03. The Morgan fingerprint density at radius 3 is 2.93 bits per heavy atom. The largest absolute Gasteiger partial charge is 0.376 e. The standard InChI is InChI=1S/C20H23N7O/c1-5-15-12-28-9-8-26(15)20-21-7-6-18(25-20)24-19-10-17-16(11-22-19)23-14(4)27(17)13(2)3/h1,6-7,10-11,13,15H,8-9,12H2,2-4H3,(H,21,22,24,25)/t15-/m0/s1. The molecule has 1 aliphatic heterocycles. The first-order valence-corrected chi connectivity index (χ1v) is 9.32. The number of terminal acetylenes is 1. The molecule has 0 bridgehead atoms. The number of imidazole rings is 1. The first-order valence-electron chi connectivity index (χ1n) is 9.32. The molecule has 0 unspecified atom stereocenters. The maximum absolute atomic E-state index is 5.62. The lowest BCUT2D eigenvalue weighted by atomic mass is 10.2. The van der Waals surface area contributed by atoms with Crippen LogP contribution in [-0.4, -0.2) is 50.3 Å². The maximum atomic E-state index is 5.62. The quantitative estimate of drug-likeness (QED) is 0.700. The van der Waals surface area contributed by atoms with Crippen molar-refractivity contribution in [3.63, 3.8) is 0 Å². The Hall–Kier alpha value is -3.18. The van der Waals surface area contributed by atoms with Crippen LogP contribution < -0.4 is 10.2 Å². The molecule has 3 aromatic rings. The van der Waals surface area contributed by atoms with Gasteiger partial charge in [0.05, 0.1) is 24.9 Å². The molecule has 0 saturated carbocycles. The molecule has 8 nitrogen and oxygen atoms in total. The molecule has 1 aliphatic rings. The van der Waals surface area contributed by atoms with Gasteiger partial charge in [0.15, 0.2) is 0 Å². The minimum absolute atomic E-state index is 0.165. The molecule has 4 heterocycles. The van der Waals surface area contributed by atoms with Crippen LogP contribution in [0, 0.1) is 19.3 Å². The number of rotatable bonds is 4. The fraction of sp³-hybridized carbons (Fsp3) is 0.400. The molecule has 0 amide bonds. The van der Waals surface area contributed by atoms with E-state index in [1.807, 2.05) is 24.0 Å². The van der Waals surface area contributed by atoms with Crippen molar-refractivity contribution in [2.75, 3.05) is 30.0 Å². The summed E-state index contributed by atoms with van der Waals surface area (Å²) < 4.78 is 7.64. The summed E-state index contributed by atoms with van der Waals surface area (Å²) in [5, 5.41) is 3.27. The maximum Gasteiger partial charge on any atom is 0.228 e. The number of anilines is 3. The molecular formula is C20H23N7O. The lowest BCUT2D eigenvalue weighted by molar-refractivity contribution is 0.107. The smallest absolute Gasteiger partial charge is 0.228 e. The minimum atomic E-state index is -0.165. The highest BCUT2D eigenvalue weighted by molar-refractivity contribution is 5.79. The second-order valence-corrected chi connectivity index (χ2v) is 7.00. The fourth-order valence-corrected chi connectivity index (χ4v) is 3.51. The Kier molecular flexibility index (Phi) is 4.84. The molecule has 3 aromatic heterocycles. The van der Waals surface area contributed by atoms with Crippen molar-refractivity contribution in [3.8, 4) is 12.3 Å². The first kappa shape index (κ1) is 18.2. The van der Waals surface area contributed by atoms with Gasteiger partial charge in [-0.3, -0.25) is 0 Å². The zero-order valence-electron chi connectivity index (χ0n) is 16.3. The van der Waals surface area contributed by atoms with Crippen molar-refractivity contribution in [1.29, 1.82) is 0 Å². The predicted molar refractivity (Wildman–Crippen MR) is 109 cm³/mol. The second-order valence-electron chi connectivity index (χ2n) is 7.00. The van der Waals surface area contributed by atoms with Crippen molar-refractivity contribution in [2.45, 2.75) is 32.9 Å². The van der Waals surface area contributed by atoms with Crippen LogP contribution in [0.5, 0.6) is 0 Å². The molecule has 0 aliphatic carbocycles. The minimum Gasteiger partial charge on any atom is -0.376 e. The number of aryl methyl sites for hydroxylation is 1. The van der Waals surface area contributed by atoms with Gasteiger partial charge in [0.25, 0.3) is 0 Å². The molecule has 1 saturated heterocycles. The van der Waals surface area contributed by atoms with Crippen LogP contribution in [0.1, 0.15) is 25.7 Å². The van der Waals surface area contributed by atoms with Gasteiger partial charge in [0, 0.05) is 24.8 Å². The van der Waals surface area contributed by atoms with Gasteiger partial charge < -0.3 is 19.5 Å². The summed E-state index contributed by atoms with van der Waals surface area (Å²) >= 11 is 0. The van der Waals surface area contributed by atoms with E-state index in [2.05, 4.69) is 49.6 Å². The van der Waals surface area contributed by atoms with Crippen LogP contribution in [0.15, 0.2) is 24.5 Å². The molecule has 0 aromatic carbocycles. The van der Waals surface area contributed by atoms with Crippen molar-refractivity contribution >= 4 is 28.6 Å². The summed E-state index contributed by atoms with van der Waals surface area (Å²) in [6, 6.07) is 3.96. The number of morpholine rings is 1. The molecule has 0 radical (unpaired) electrons. The zero-order valence-corrected chi connectivity index (χ0v) is 16.3. The number of pyridine rings is 1. The SMILES string of the molecule is C#C[C@H]1COCCN1c1nccc(Nc2cc3c(cn2)nc(C)n3C(C)C)n1. The highest BCUT2D eigenvalue weighted by Gasteiger charge is 2.23. The monoisotopic (exact) mass is 377 g/mol. The van der Waals surface area contributed by atoms with Crippen LogP contribution in [0.3, 0.4) is 0 Å². The van der Waals surface area contributed by atoms with Crippen molar-refractivity contribution < 1.29 is 4.74 Å². The molecule has 4 rings (SSSR count). The van der Waals surface area contributed by atoms with E-state index in [1.165, 1.54) is 0 Å². The van der Waals surface area contributed by atoms with E-state index in [4.69, 9.17) is 11.2 Å². The van der Waals surface area contributed by atoms with Crippen LogP contribution in [0.4, 0.5) is 17.6 Å². The van der Waals surface area contributed by atoms with Gasteiger partial charge in [0.1, 0.15) is 29.0 Å². The molecule has 28 heavy (non-hydrogen) atoms. The third-order valence-electron chi connectivity index (χ3n) is 4.75. The third-order valence-corrected chi connectivity index (χ3v) is 4.75. The number of nitrogens with zero attached hydrogens (tertiary/aromatic N) is 6. The van der Waals surface area contributed by atoms with Crippen LogP contribution in [0.2, 0.25) is 0 Å². The summed E-state index contributed by atoms with van der Waals surface area (Å²) in [5.74, 6) is 5.66. The second kappa shape index (κ2) is 7.44. The third kappa shape index (κ3) is 3.37. The van der Waals surface area contributed by atoms with E-state index in [1.54, 1.807) is 12.4 Å². The summed E-state index contributed by atoms with van der Waals surface area (Å²) in [5.41, 5.74) is 1.92. The Morgan fingerprint density at radius 1 is 1.29 bits per heavy atom. The normalized spacial score (nSPS) is 17.1. The molecular weight excluding hydrogens is 354 g/mol. The molecule has 8 heteroatoms. The number of hydrogen-bond acceptors (Lipinski definition) is 7. The Balaban J connectivity index is 1.63. The zero-order chi connectivity index (χ0) is 19.7. The van der Waals surface area contributed by atoms with Gasteiger partial charge in [-0.15, -0.1) is 6.42 Å².